The molecule has 2 amide bonds. The van der Waals surface area contributed by atoms with Gasteiger partial charge in [0.2, 0.25) is 11.8 Å². The summed E-state index contributed by atoms with van der Waals surface area (Å²) in [5.74, 6) is 1.60. The molecule has 0 spiro atoms. The number of nitrogens with zero attached hydrogens (tertiary/aromatic N) is 4. The van der Waals surface area contributed by atoms with Crippen LogP contribution >= 0.6 is 11.3 Å². The van der Waals surface area contributed by atoms with E-state index in [1.54, 1.807) is 7.11 Å². The number of nitriles is 1. The van der Waals surface area contributed by atoms with Crippen molar-refractivity contribution >= 4 is 28.2 Å². The van der Waals surface area contributed by atoms with Crippen molar-refractivity contribution in [1.29, 1.82) is 5.26 Å². The first-order valence-corrected chi connectivity index (χ1v) is 12.9. The summed E-state index contributed by atoms with van der Waals surface area (Å²) in [6.07, 6.45) is 3.26. The lowest BCUT2D eigenvalue weighted by atomic mass is 9.97. The SMILES string of the molecule is COc1cccc([C@@H](C)CC(=O)Nc2sc3c(c2C#N)CCN(C(=O)CCn2cc(C)nc2C)C3)c1. The van der Waals surface area contributed by atoms with Gasteiger partial charge in [0, 0.05) is 37.0 Å². The van der Waals surface area contributed by atoms with Crippen molar-refractivity contribution in [3.05, 3.63) is 63.5 Å². The predicted molar refractivity (Wildman–Crippen MR) is 139 cm³/mol. The maximum absolute atomic E-state index is 12.9. The standard InChI is InChI=1S/C27H31N5O3S/c1-17(20-6-5-7-21(13-20)35-4)12-25(33)30-27-23(14-28)22-8-10-32(16-24(22)36-27)26(34)9-11-31-15-18(2)29-19(31)3/h5-7,13,15,17H,8-12,16H2,1-4H3,(H,30,33)/t17-/m0/s1. The molecule has 188 valence electrons. The summed E-state index contributed by atoms with van der Waals surface area (Å²) in [4.78, 5) is 32.9. The van der Waals surface area contributed by atoms with E-state index in [-0.39, 0.29) is 17.7 Å². The van der Waals surface area contributed by atoms with Crippen LogP contribution in [0.4, 0.5) is 5.00 Å². The van der Waals surface area contributed by atoms with Crippen LogP contribution in [-0.4, -0.2) is 39.9 Å². The highest BCUT2D eigenvalue weighted by Crippen LogP contribution is 2.37. The van der Waals surface area contributed by atoms with Gasteiger partial charge in [0.1, 0.15) is 22.6 Å². The maximum Gasteiger partial charge on any atom is 0.225 e. The van der Waals surface area contributed by atoms with Crippen LogP contribution in [0.25, 0.3) is 0 Å². The summed E-state index contributed by atoms with van der Waals surface area (Å²) in [5, 5.41) is 13.3. The molecule has 1 atom stereocenters. The van der Waals surface area contributed by atoms with E-state index in [2.05, 4.69) is 16.4 Å². The molecule has 0 saturated heterocycles. The molecule has 3 heterocycles. The van der Waals surface area contributed by atoms with Crippen molar-refractivity contribution in [2.45, 2.75) is 59.0 Å². The van der Waals surface area contributed by atoms with E-state index in [0.29, 0.717) is 49.5 Å². The number of fused-ring (bicyclic) bond motifs is 1. The molecule has 1 aliphatic heterocycles. The Labute approximate surface area is 215 Å². The van der Waals surface area contributed by atoms with Crippen LogP contribution < -0.4 is 10.1 Å². The first-order chi connectivity index (χ1) is 17.3. The second-order valence-electron chi connectivity index (χ2n) is 9.19. The van der Waals surface area contributed by atoms with E-state index >= 15 is 0 Å². The van der Waals surface area contributed by atoms with Gasteiger partial charge in [0.05, 0.1) is 24.9 Å². The molecule has 2 aromatic heterocycles. The molecule has 36 heavy (non-hydrogen) atoms. The zero-order valence-electron chi connectivity index (χ0n) is 21.1. The first kappa shape index (κ1) is 25.5. The number of methoxy groups -OCH3 is 1. The van der Waals surface area contributed by atoms with Crippen LogP contribution in [0, 0.1) is 25.2 Å². The molecule has 0 unspecified atom stereocenters. The van der Waals surface area contributed by atoms with Gasteiger partial charge in [-0.3, -0.25) is 9.59 Å². The second-order valence-corrected chi connectivity index (χ2v) is 10.3. The molecule has 8 nitrogen and oxygen atoms in total. The van der Waals surface area contributed by atoms with Gasteiger partial charge in [-0.15, -0.1) is 11.3 Å². The van der Waals surface area contributed by atoms with Crippen molar-refractivity contribution < 1.29 is 14.3 Å². The van der Waals surface area contributed by atoms with Gasteiger partial charge in [-0.1, -0.05) is 19.1 Å². The number of carbonyl (C=O) groups excluding carboxylic acids is 2. The average Bonchev–Trinajstić information content (AvgIpc) is 3.38. The zero-order valence-corrected chi connectivity index (χ0v) is 21.9. The van der Waals surface area contributed by atoms with Crippen molar-refractivity contribution in [2.24, 2.45) is 0 Å². The smallest absolute Gasteiger partial charge is 0.225 e. The maximum atomic E-state index is 12.9. The summed E-state index contributed by atoms with van der Waals surface area (Å²) in [5.41, 5.74) is 3.43. The number of hydrogen-bond acceptors (Lipinski definition) is 6. The molecular weight excluding hydrogens is 474 g/mol. The van der Waals surface area contributed by atoms with Gasteiger partial charge in [-0.2, -0.15) is 5.26 Å². The minimum atomic E-state index is -0.139. The third kappa shape index (κ3) is 5.60. The highest BCUT2D eigenvalue weighted by atomic mass is 32.1. The Hall–Kier alpha value is -3.64. The Bertz CT molecular complexity index is 1320. The van der Waals surface area contributed by atoms with E-state index in [0.717, 1.165) is 33.3 Å². The fourth-order valence-electron chi connectivity index (χ4n) is 4.61. The third-order valence-corrected chi connectivity index (χ3v) is 7.72. The summed E-state index contributed by atoms with van der Waals surface area (Å²) >= 11 is 1.40. The van der Waals surface area contributed by atoms with E-state index in [1.807, 2.05) is 60.7 Å². The summed E-state index contributed by atoms with van der Waals surface area (Å²) in [6.45, 7) is 7.50. The van der Waals surface area contributed by atoms with Gasteiger partial charge in [0.15, 0.2) is 0 Å². The number of thiophene rings is 1. The number of rotatable bonds is 8. The van der Waals surface area contributed by atoms with Crippen LogP contribution in [0.3, 0.4) is 0 Å². The first-order valence-electron chi connectivity index (χ1n) is 12.1. The molecule has 0 saturated carbocycles. The van der Waals surface area contributed by atoms with Gasteiger partial charge >= 0.3 is 0 Å². The van der Waals surface area contributed by atoms with E-state index in [4.69, 9.17) is 4.74 Å². The molecule has 0 fully saturated rings. The summed E-state index contributed by atoms with van der Waals surface area (Å²) in [7, 11) is 1.62. The van der Waals surface area contributed by atoms with Crippen molar-refractivity contribution in [3.8, 4) is 11.8 Å². The van der Waals surface area contributed by atoms with Gasteiger partial charge in [-0.25, -0.2) is 4.98 Å². The largest absolute Gasteiger partial charge is 0.497 e. The fraction of sp³-hybridized carbons (Fsp3) is 0.407. The number of nitrogens with one attached hydrogen (secondary N) is 1. The minimum Gasteiger partial charge on any atom is -0.497 e. The van der Waals surface area contributed by atoms with Gasteiger partial charge in [0.25, 0.3) is 0 Å². The number of aromatic nitrogens is 2. The molecular formula is C27H31N5O3S. The monoisotopic (exact) mass is 505 g/mol. The normalized spacial score (nSPS) is 13.6. The summed E-state index contributed by atoms with van der Waals surface area (Å²) < 4.78 is 7.29. The fourth-order valence-corrected chi connectivity index (χ4v) is 5.84. The number of benzene rings is 1. The van der Waals surface area contributed by atoms with Gasteiger partial charge < -0.3 is 19.5 Å². The number of imidazole rings is 1. The van der Waals surface area contributed by atoms with Crippen LogP contribution in [0.1, 0.15) is 58.8 Å². The topological polar surface area (TPSA) is 100 Å². The van der Waals surface area contributed by atoms with Crippen LogP contribution in [0.2, 0.25) is 0 Å². The summed E-state index contributed by atoms with van der Waals surface area (Å²) in [6, 6.07) is 9.97. The number of hydrogen-bond donors (Lipinski definition) is 1. The molecule has 9 heteroatoms. The van der Waals surface area contributed by atoms with E-state index in [9.17, 15) is 14.9 Å². The molecule has 0 aliphatic carbocycles. The van der Waals surface area contributed by atoms with Crippen LogP contribution in [0.5, 0.6) is 5.75 Å². The Balaban J connectivity index is 1.39. The Morgan fingerprint density at radius 3 is 2.83 bits per heavy atom. The van der Waals surface area contributed by atoms with Crippen molar-refractivity contribution in [1.82, 2.24) is 14.5 Å². The molecule has 0 radical (unpaired) electrons. The highest BCUT2D eigenvalue weighted by molar-refractivity contribution is 7.16. The van der Waals surface area contributed by atoms with Crippen LogP contribution in [0.15, 0.2) is 30.5 Å². The van der Waals surface area contributed by atoms with E-state index in [1.165, 1.54) is 11.3 Å². The molecule has 3 aromatic rings. The molecule has 0 bridgehead atoms. The molecule has 1 aromatic carbocycles. The Morgan fingerprint density at radius 2 is 2.14 bits per heavy atom. The quantitative estimate of drug-likeness (QED) is 0.484. The number of anilines is 1. The molecule has 1 aliphatic rings. The van der Waals surface area contributed by atoms with E-state index < -0.39 is 0 Å². The van der Waals surface area contributed by atoms with Crippen LogP contribution in [-0.2, 0) is 29.1 Å². The van der Waals surface area contributed by atoms with Gasteiger partial charge in [-0.05, 0) is 49.4 Å². The minimum absolute atomic E-state index is 0.00347. The number of amides is 2. The Morgan fingerprint density at radius 1 is 1.33 bits per heavy atom. The zero-order chi connectivity index (χ0) is 25.8. The highest BCUT2D eigenvalue weighted by Gasteiger charge is 2.27. The average molecular weight is 506 g/mol. The number of carbonyl (C=O) groups is 2. The van der Waals surface area contributed by atoms with Crippen molar-refractivity contribution in [3.63, 3.8) is 0 Å². The second kappa shape index (κ2) is 11.0. The number of aryl methyl sites for hydroxylation is 3. The van der Waals surface area contributed by atoms with Crippen molar-refractivity contribution in [2.75, 3.05) is 19.0 Å². The number of ether oxygens (including phenoxy) is 1. The molecule has 4 rings (SSSR count). The lowest BCUT2D eigenvalue weighted by molar-refractivity contribution is -0.132. The lowest BCUT2D eigenvalue weighted by Gasteiger charge is -2.27. The Kier molecular flexibility index (Phi) is 7.75. The predicted octanol–water partition coefficient (Wildman–Crippen LogP) is 4.55. The molecule has 1 N–H and O–H groups in total. The third-order valence-electron chi connectivity index (χ3n) is 6.59. The lowest BCUT2D eigenvalue weighted by Crippen LogP contribution is -2.35.